The van der Waals surface area contributed by atoms with Crippen LogP contribution in [0.4, 0.5) is 10.9 Å². The highest BCUT2D eigenvalue weighted by atomic mass is 35.5. The van der Waals surface area contributed by atoms with Gasteiger partial charge in [0.1, 0.15) is 5.82 Å². The molecule has 3 aromatic heterocycles. The molecule has 0 unspecified atom stereocenters. The number of nitrogens with zero attached hydrogens (tertiary/aromatic N) is 4. The number of rotatable bonds is 4. The van der Waals surface area contributed by atoms with E-state index in [1.807, 2.05) is 26.1 Å². The maximum absolute atomic E-state index is 11.5. The minimum Gasteiger partial charge on any atom is -0.351 e. The minimum absolute atomic E-state index is 0.406. The van der Waals surface area contributed by atoms with Gasteiger partial charge < -0.3 is 4.90 Å². The smallest absolute Gasteiger partial charge is 0.231 e. The first-order valence-corrected chi connectivity index (χ1v) is 12.1. The molecule has 0 radical (unpaired) electrons. The average Bonchev–Trinajstić information content (AvgIpc) is 3.02. The van der Waals surface area contributed by atoms with Gasteiger partial charge in [-0.15, -0.1) is 0 Å². The summed E-state index contributed by atoms with van der Waals surface area (Å²) in [6.45, 7) is 5.39. The molecule has 0 saturated heterocycles. The Labute approximate surface area is 178 Å². The predicted molar refractivity (Wildman–Crippen MR) is 117 cm³/mol. The monoisotopic (exact) mass is 449 g/mol. The SMILES string of the molecule is Cc1cnc(-c2cc(N3CCc4nc(NS(C)(=O)=O)sc4C3)ncc2Cl)c(C)c1. The molecule has 10 heteroatoms. The summed E-state index contributed by atoms with van der Waals surface area (Å²) in [6, 6.07) is 4.05. The van der Waals surface area contributed by atoms with Crippen molar-refractivity contribution in [2.24, 2.45) is 0 Å². The van der Waals surface area contributed by atoms with E-state index in [0.29, 0.717) is 16.7 Å². The van der Waals surface area contributed by atoms with Crippen molar-refractivity contribution in [1.29, 1.82) is 0 Å². The van der Waals surface area contributed by atoms with Crippen LogP contribution in [0.15, 0.2) is 24.5 Å². The number of hydrogen-bond donors (Lipinski definition) is 1. The van der Waals surface area contributed by atoms with Crippen LogP contribution >= 0.6 is 22.9 Å². The largest absolute Gasteiger partial charge is 0.351 e. The number of aromatic nitrogens is 3. The number of aryl methyl sites for hydroxylation is 2. The van der Waals surface area contributed by atoms with E-state index in [1.165, 1.54) is 11.3 Å². The lowest BCUT2D eigenvalue weighted by atomic mass is 10.1. The highest BCUT2D eigenvalue weighted by Gasteiger charge is 2.23. The second-order valence-electron chi connectivity index (χ2n) is 7.14. The van der Waals surface area contributed by atoms with Crippen molar-refractivity contribution in [2.75, 3.05) is 22.4 Å². The molecule has 29 heavy (non-hydrogen) atoms. The molecular formula is C19H20ClN5O2S2. The van der Waals surface area contributed by atoms with E-state index >= 15 is 0 Å². The zero-order chi connectivity index (χ0) is 20.8. The number of sulfonamides is 1. The van der Waals surface area contributed by atoms with Gasteiger partial charge in [-0.3, -0.25) is 9.71 Å². The summed E-state index contributed by atoms with van der Waals surface area (Å²) in [5.74, 6) is 0.808. The summed E-state index contributed by atoms with van der Waals surface area (Å²) < 4.78 is 25.4. The van der Waals surface area contributed by atoms with E-state index in [4.69, 9.17) is 11.6 Å². The van der Waals surface area contributed by atoms with Gasteiger partial charge in [0.15, 0.2) is 5.13 Å². The molecule has 0 spiro atoms. The van der Waals surface area contributed by atoms with Crippen LogP contribution in [0, 0.1) is 13.8 Å². The Balaban J connectivity index is 1.63. The quantitative estimate of drug-likeness (QED) is 0.651. The van der Waals surface area contributed by atoms with Crippen LogP contribution in [0.3, 0.4) is 0 Å². The molecule has 0 amide bonds. The molecule has 0 saturated carbocycles. The van der Waals surface area contributed by atoms with Crippen molar-refractivity contribution >= 4 is 43.9 Å². The van der Waals surface area contributed by atoms with Gasteiger partial charge >= 0.3 is 0 Å². The van der Waals surface area contributed by atoms with E-state index in [0.717, 1.165) is 58.0 Å². The molecule has 3 aromatic rings. The summed E-state index contributed by atoms with van der Waals surface area (Å²) in [6.07, 6.45) is 5.34. The van der Waals surface area contributed by atoms with E-state index in [1.54, 1.807) is 6.20 Å². The van der Waals surface area contributed by atoms with Crippen LogP contribution in [0.25, 0.3) is 11.3 Å². The van der Waals surface area contributed by atoms with Gasteiger partial charge in [0.2, 0.25) is 10.0 Å². The van der Waals surface area contributed by atoms with Gasteiger partial charge in [0.05, 0.1) is 29.2 Å². The van der Waals surface area contributed by atoms with E-state index in [-0.39, 0.29) is 0 Å². The van der Waals surface area contributed by atoms with Crippen molar-refractivity contribution in [2.45, 2.75) is 26.8 Å². The number of thiazole rings is 1. The molecule has 0 atom stereocenters. The van der Waals surface area contributed by atoms with Gasteiger partial charge in [0, 0.05) is 35.8 Å². The highest BCUT2D eigenvalue weighted by Crippen LogP contribution is 2.34. The van der Waals surface area contributed by atoms with Crippen LogP contribution in [0.1, 0.15) is 21.7 Å². The molecule has 1 N–H and O–H groups in total. The summed E-state index contributed by atoms with van der Waals surface area (Å²) >= 11 is 7.79. The fourth-order valence-electron chi connectivity index (χ4n) is 3.37. The van der Waals surface area contributed by atoms with Gasteiger partial charge in [-0.05, 0) is 31.0 Å². The molecule has 152 valence electrons. The lowest BCUT2D eigenvalue weighted by Gasteiger charge is -2.27. The van der Waals surface area contributed by atoms with Crippen molar-refractivity contribution in [3.63, 3.8) is 0 Å². The molecule has 0 bridgehead atoms. The van der Waals surface area contributed by atoms with Gasteiger partial charge in [-0.1, -0.05) is 29.0 Å². The van der Waals surface area contributed by atoms with Gasteiger partial charge in [-0.25, -0.2) is 18.4 Å². The van der Waals surface area contributed by atoms with E-state index in [9.17, 15) is 8.42 Å². The van der Waals surface area contributed by atoms with Crippen LogP contribution < -0.4 is 9.62 Å². The lowest BCUT2D eigenvalue weighted by Crippen LogP contribution is -2.30. The molecule has 4 rings (SSSR count). The molecule has 1 aliphatic heterocycles. The summed E-state index contributed by atoms with van der Waals surface area (Å²) in [7, 11) is -3.34. The first kappa shape index (κ1) is 20.1. The lowest BCUT2D eigenvalue weighted by molar-refractivity contribution is 0.606. The second kappa shape index (κ2) is 7.55. The van der Waals surface area contributed by atoms with Crippen LogP contribution in [-0.4, -0.2) is 36.2 Å². The minimum atomic E-state index is -3.34. The number of pyridine rings is 2. The molecule has 0 fully saturated rings. The summed E-state index contributed by atoms with van der Waals surface area (Å²) in [5.41, 5.74) is 4.79. The second-order valence-corrected chi connectivity index (χ2v) is 10.4. The Morgan fingerprint density at radius 3 is 2.72 bits per heavy atom. The normalized spacial score (nSPS) is 14.0. The first-order chi connectivity index (χ1) is 13.7. The number of anilines is 2. The maximum atomic E-state index is 11.5. The van der Waals surface area contributed by atoms with Crippen molar-refractivity contribution < 1.29 is 8.42 Å². The Morgan fingerprint density at radius 2 is 2.00 bits per heavy atom. The van der Waals surface area contributed by atoms with Crippen LogP contribution in [0.2, 0.25) is 5.02 Å². The van der Waals surface area contributed by atoms with Gasteiger partial charge in [-0.2, -0.15) is 0 Å². The molecular weight excluding hydrogens is 430 g/mol. The predicted octanol–water partition coefficient (Wildman–Crippen LogP) is 3.80. The van der Waals surface area contributed by atoms with Crippen molar-refractivity contribution in [3.8, 4) is 11.3 Å². The fourth-order valence-corrected chi connectivity index (χ4v) is 5.42. The molecule has 4 heterocycles. The average molecular weight is 450 g/mol. The first-order valence-electron chi connectivity index (χ1n) is 9.00. The number of halogens is 1. The third kappa shape index (κ3) is 4.36. The zero-order valence-corrected chi connectivity index (χ0v) is 18.6. The summed E-state index contributed by atoms with van der Waals surface area (Å²) in [4.78, 5) is 16.7. The molecule has 1 aliphatic rings. The fraction of sp³-hybridized carbons (Fsp3) is 0.316. The topological polar surface area (TPSA) is 88.1 Å². The molecule has 7 nitrogen and oxygen atoms in total. The molecule has 0 aliphatic carbocycles. The zero-order valence-electron chi connectivity index (χ0n) is 16.2. The van der Waals surface area contributed by atoms with Crippen LogP contribution in [0.5, 0.6) is 0 Å². The third-order valence-electron chi connectivity index (χ3n) is 4.64. The number of hydrogen-bond acceptors (Lipinski definition) is 7. The Morgan fingerprint density at radius 1 is 1.21 bits per heavy atom. The standard InChI is InChI=1S/C19H20ClN5O2S2/c1-11-6-12(2)18(22-8-11)13-7-17(21-9-14(13)20)25-5-4-15-16(10-25)28-19(23-15)24-29(3,26)27/h6-9H,4-5,10H2,1-3H3,(H,23,24). The summed E-state index contributed by atoms with van der Waals surface area (Å²) in [5, 5.41) is 0.965. The number of nitrogens with one attached hydrogen (secondary N) is 1. The Kier molecular flexibility index (Phi) is 5.22. The number of fused-ring (bicyclic) bond motifs is 1. The maximum Gasteiger partial charge on any atom is 0.231 e. The van der Waals surface area contributed by atoms with E-state index in [2.05, 4.69) is 30.6 Å². The van der Waals surface area contributed by atoms with Crippen molar-refractivity contribution in [3.05, 3.63) is 51.2 Å². The van der Waals surface area contributed by atoms with Crippen LogP contribution in [-0.2, 0) is 23.0 Å². The van der Waals surface area contributed by atoms with E-state index < -0.39 is 10.0 Å². The third-order valence-corrected chi connectivity index (χ3v) is 6.63. The Hall–Kier alpha value is -2.23. The molecule has 0 aromatic carbocycles. The highest BCUT2D eigenvalue weighted by molar-refractivity contribution is 7.92. The van der Waals surface area contributed by atoms with Crippen molar-refractivity contribution in [1.82, 2.24) is 15.0 Å². The Bertz CT molecular complexity index is 1190. The van der Waals surface area contributed by atoms with Gasteiger partial charge in [0.25, 0.3) is 0 Å².